The van der Waals surface area contributed by atoms with Gasteiger partial charge in [-0.25, -0.2) is 10.9 Å². The van der Waals surface area contributed by atoms with Crippen LogP contribution in [0.2, 0.25) is 0 Å². The number of ether oxygens (including phenoxy) is 2. The van der Waals surface area contributed by atoms with E-state index in [0.717, 1.165) is 5.69 Å². The lowest BCUT2D eigenvalue weighted by atomic mass is 10.1. The Morgan fingerprint density at radius 1 is 1.19 bits per heavy atom. The highest BCUT2D eigenvalue weighted by Crippen LogP contribution is 2.25. The fourth-order valence-electron chi connectivity index (χ4n) is 2.90. The molecule has 0 saturated carbocycles. The SMILES string of the molecule is COc1ccccc1OCCN(C)C(=O)C1CC(c2ccccn2)NN1. The third kappa shape index (κ3) is 4.30. The van der Waals surface area contributed by atoms with Crippen LogP contribution in [0.4, 0.5) is 0 Å². The Morgan fingerprint density at radius 2 is 1.96 bits per heavy atom. The number of hydrogen-bond acceptors (Lipinski definition) is 6. The molecule has 0 spiro atoms. The summed E-state index contributed by atoms with van der Waals surface area (Å²) in [5.41, 5.74) is 7.15. The molecule has 1 saturated heterocycles. The van der Waals surface area contributed by atoms with Crippen molar-refractivity contribution >= 4 is 5.91 Å². The van der Waals surface area contributed by atoms with Gasteiger partial charge in [-0.3, -0.25) is 9.78 Å². The standard InChI is InChI=1S/C19H24N4O3/c1-23(11-12-26-18-9-4-3-8-17(18)25-2)19(24)16-13-15(21-22-16)14-7-5-6-10-20-14/h3-10,15-16,21-22H,11-13H2,1-2H3. The Balaban J connectivity index is 1.48. The Bertz CT molecular complexity index is 726. The molecule has 2 atom stereocenters. The topological polar surface area (TPSA) is 75.7 Å². The third-order valence-electron chi connectivity index (χ3n) is 4.38. The maximum Gasteiger partial charge on any atom is 0.240 e. The quantitative estimate of drug-likeness (QED) is 0.784. The molecule has 2 unspecified atom stereocenters. The van der Waals surface area contributed by atoms with E-state index in [2.05, 4.69) is 15.8 Å². The lowest BCUT2D eigenvalue weighted by Crippen LogP contribution is -2.45. The monoisotopic (exact) mass is 356 g/mol. The highest BCUT2D eigenvalue weighted by molar-refractivity contribution is 5.82. The maximum absolute atomic E-state index is 12.6. The Kier molecular flexibility index (Phi) is 6.04. The van der Waals surface area contributed by atoms with E-state index in [1.54, 1.807) is 25.3 Å². The van der Waals surface area contributed by atoms with Crippen molar-refractivity contribution in [2.24, 2.45) is 0 Å². The van der Waals surface area contributed by atoms with Crippen molar-refractivity contribution in [1.29, 1.82) is 0 Å². The summed E-state index contributed by atoms with van der Waals surface area (Å²) in [6.45, 7) is 0.885. The van der Waals surface area contributed by atoms with Crippen LogP contribution in [0.5, 0.6) is 11.5 Å². The molecule has 1 aromatic heterocycles. The lowest BCUT2D eigenvalue weighted by molar-refractivity contribution is -0.132. The van der Waals surface area contributed by atoms with Crippen molar-refractivity contribution in [2.75, 3.05) is 27.3 Å². The van der Waals surface area contributed by atoms with Gasteiger partial charge in [-0.2, -0.15) is 0 Å². The first-order valence-electron chi connectivity index (χ1n) is 8.62. The molecule has 1 amide bonds. The molecule has 2 aromatic rings. The van der Waals surface area contributed by atoms with Gasteiger partial charge in [-0.05, 0) is 30.7 Å². The van der Waals surface area contributed by atoms with Crippen molar-refractivity contribution in [3.05, 3.63) is 54.4 Å². The summed E-state index contributed by atoms with van der Waals surface area (Å²) >= 11 is 0. The summed E-state index contributed by atoms with van der Waals surface area (Å²) in [6, 6.07) is 13.0. The van der Waals surface area contributed by atoms with E-state index in [-0.39, 0.29) is 18.0 Å². The molecule has 3 rings (SSSR count). The first-order chi connectivity index (χ1) is 12.7. The lowest BCUT2D eigenvalue weighted by Gasteiger charge is -2.21. The van der Waals surface area contributed by atoms with Crippen LogP contribution in [0, 0.1) is 0 Å². The number of pyridine rings is 1. The van der Waals surface area contributed by atoms with Crippen molar-refractivity contribution in [2.45, 2.75) is 18.5 Å². The minimum absolute atomic E-state index is 0.0274. The summed E-state index contributed by atoms with van der Waals surface area (Å²) < 4.78 is 11.0. The van der Waals surface area contributed by atoms with Crippen LogP contribution < -0.4 is 20.3 Å². The molecule has 1 aliphatic rings. The van der Waals surface area contributed by atoms with Crippen molar-refractivity contribution in [3.8, 4) is 11.5 Å². The van der Waals surface area contributed by atoms with Crippen LogP contribution in [-0.2, 0) is 4.79 Å². The second-order valence-corrected chi connectivity index (χ2v) is 6.14. The van der Waals surface area contributed by atoms with E-state index < -0.39 is 0 Å². The molecule has 0 radical (unpaired) electrons. The molecule has 1 aromatic carbocycles. The average Bonchev–Trinajstić information content (AvgIpc) is 3.18. The number of nitrogens with one attached hydrogen (secondary N) is 2. The molecular formula is C19H24N4O3. The smallest absolute Gasteiger partial charge is 0.240 e. The van der Waals surface area contributed by atoms with Gasteiger partial charge in [0.05, 0.1) is 25.4 Å². The molecule has 7 nitrogen and oxygen atoms in total. The van der Waals surface area contributed by atoms with E-state index in [4.69, 9.17) is 9.47 Å². The molecule has 2 heterocycles. The van der Waals surface area contributed by atoms with Crippen molar-refractivity contribution in [3.63, 3.8) is 0 Å². The van der Waals surface area contributed by atoms with Crippen LogP contribution in [0.25, 0.3) is 0 Å². The molecule has 1 fully saturated rings. The van der Waals surface area contributed by atoms with E-state index in [1.165, 1.54) is 0 Å². The second kappa shape index (κ2) is 8.64. The fraction of sp³-hybridized carbons (Fsp3) is 0.368. The van der Waals surface area contributed by atoms with Crippen molar-refractivity contribution in [1.82, 2.24) is 20.7 Å². The zero-order valence-corrected chi connectivity index (χ0v) is 15.0. The number of carbonyl (C=O) groups excluding carboxylic acids is 1. The first-order valence-corrected chi connectivity index (χ1v) is 8.62. The molecule has 0 aliphatic carbocycles. The van der Waals surface area contributed by atoms with Gasteiger partial charge < -0.3 is 14.4 Å². The number of nitrogens with zero attached hydrogens (tertiary/aromatic N) is 2. The third-order valence-corrected chi connectivity index (χ3v) is 4.38. The van der Waals surface area contributed by atoms with Gasteiger partial charge in [0.2, 0.25) is 5.91 Å². The molecule has 138 valence electrons. The van der Waals surface area contributed by atoms with E-state index in [0.29, 0.717) is 31.1 Å². The normalized spacial score (nSPS) is 19.2. The number of amides is 1. The number of rotatable bonds is 7. The number of likely N-dealkylation sites (N-methyl/N-ethyl adjacent to an activating group) is 1. The number of carbonyl (C=O) groups is 1. The molecule has 2 N–H and O–H groups in total. The molecular weight excluding hydrogens is 332 g/mol. The van der Waals surface area contributed by atoms with E-state index >= 15 is 0 Å². The zero-order chi connectivity index (χ0) is 18.4. The molecule has 0 bridgehead atoms. The predicted octanol–water partition coefficient (Wildman–Crippen LogP) is 1.54. The van der Waals surface area contributed by atoms with Crippen LogP contribution in [0.15, 0.2) is 48.7 Å². The number of hydrogen-bond donors (Lipinski definition) is 2. The van der Waals surface area contributed by atoms with Gasteiger partial charge >= 0.3 is 0 Å². The van der Waals surface area contributed by atoms with E-state index in [9.17, 15) is 4.79 Å². The number of hydrazine groups is 1. The number of methoxy groups -OCH3 is 1. The summed E-state index contributed by atoms with van der Waals surface area (Å²) in [6.07, 6.45) is 2.42. The van der Waals surface area contributed by atoms with E-state index in [1.807, 2.05) is 42.5 Å². The first kappa shape index (κ1) is 18.2. The van der Waals surface area contributed by atoms with Crippen LogP contribution in [0.3, 0.4) is 0 Å². The van der Waals surface area contributed by atoms with Crippen LogP contribution in [0.1, 0.15) is 18.2 Å². The fourth-order valence-corrected chi connectivity index (χ4v) is 2.90. The number of aromatic nitrogens is 1. The zero-order valence-electron chi connectivity index (χ0n) is 15.0. The Hall–Kier alpha value is -2.64. The van der Waals surface area contributed by atoms with Crippen LogP contribution in [-0.4, -0.2) is 49.1 Å². The highest BCUT2D eigenvalue weighted by Gasteiger charge is 2.32. The summed E-state index contributed by atoms with van der Waals surface area (Å²) in [4.78, 5) is 18.6. The van der Waals surface area contributed by atoms with Gasteiger partial charge in [-0.1, -0.05) is 18.2 Å². The molecule has 1 aliphatic heterocycles. The molecule has 7 heteroatoms. The average molecular weight is 356 g/mol. The highest BCUT2D eigenvalue weighted by atomic mass is 16.5. The molecule has 26 heavy (non-hydrogen) atoms. The maximum atomic E-state index is 12.6. The van der Waals surface area contributed by atoms with Gasteiger partial charge in [0, 0.05) is 13.2 Å². The minimum Gasteiger partial charge on any atom is -0.493 e. The van der Waals surface area contributed by atoms with Crippen LogP contribution >= 0.6 is 0 Å². The summed E-state index contributed by atoms with van der Waals surface area (Å²) in [5, 5.41) is 0. The second-order valence-electron chi connectivity index (χ2n) is 6.14. The largest absolute Gasteiger partial charge is 0.493 e. The van der Waals surface area contributed by atoms with Gasteiger partial charge in [0.15, 0.2) is 11.5 Å². The number of benzene rings is 1. The minimum atomic E-state index is -0.279. The Labute approximate surface area is 153 Å². The number of para-hydroxylation sites is 2. The van der Waals surface area contributed by atoms with Gasteiger partial charge in [-0.15, -0.1) is 0 Å². The van der Waals surface area contributed by atoms with Gasteiger partial charge in [0.1, 0.15) is 12.6 Å². The Morgan fingerprint density at radius 3 is 2.69 bits per heavy atom. The van der Waals surface area contributed by atoms with Crippen molar-refractivity contribution < 1.29 is 14.3 Å². The van der Waals surface area contributed by atoms with Gasteiger partial charge in [0.25, 0.3) is 0 Å². The summed E-state index contributed by atoms with van der Waals surface area (Å²) in [7, 11) is 3.39. The predicted molar refractivity (Wildman–Crippen MR) is 97.8 cm³/mol. The summed E-state index contributed by atoms with van der Waals surface area (Å²) in [5.74, 6) is 1.38.